The molecule has 0 radical (unpaired) electrons. The van der Waals surface area contributed by atoms with Gasteiger partial charge in [-0.1, -0.05) is 11.6 Å². The van der Waals surface area contributed by atoms with Crippen LogP contribution in [0.4, 0.5) is 0 Å². The van der Waals surface area contributed by atoms with E-state index in [-0.39, 0.29) is 11.6 Å². The molecule has 6 heteroatoms. The van der Waals surface area contributed by atoms with Crippen LogP contribution >= 0.6 is 22.9 Å². The Balaban J connectivity index is 1.67. The van der Waals surface area contributed by atoms with E-state index in [1.165, 1.54) is 10.4 Å². The van der Waals surface area contributed by atoms with Crippen molar-refractivity contribution in [3.05, 3.63) is 44.6 Å². The third-order valence-corrected chi connectivity index (χ3v) is 6.09. The van der Waals surface area contributed by atoms with E-state index in [1.807, 2.05) is 19.3 Å². The molecule has 1 saturated heterocycles. The molecule has 4 heterocycles. The molecule has 2 aliphatic rings. The highest BCUT2D eigenvalue weighted by Gasteiger charge is 2.44. The molecule has 1 N–H and O–H groups in total. The van der Waals surface area contributed by atoms with Crippen molar-refractivity contribution in [1.29, 1.82) is 0 Å². The highest BCUT2D eigenvalue weighted by Crippen LogP contribution is 2.48. The van der Waals surface area contributed by atoms with Crippen molar-refractivity contribution in [1.82, 2.24) is 15.3 Å². The maximum absolute atomic E-state index is 6.29. The predicted octanol–water partition coefficient (Wildman–Crippen LogP) is 3.39. The second-order valence-corrected chi connectivity index (χ2v) is 7.71. The highest BCUT2D eigenvalue weighted by atomic mass is 35.5. The van der Waals surface area contributed by atoms with Crippen molar-refractivity contribution in [3.63, 3.8) is 0 Å². The molecule has 2 unspecified atom stereocenters. The topological polar surface area (TPSA) is 47.0 Å². The minimum absolute atomic E-state index is 0.202. The Labute approximate surface area is 138 Å². The first-order chi connectivity index (χ1) is 10.7. The molecule has 0 amide bonds. The van der Waals surface area contributed by atoms with Crippen LogP contribution in [0, 0.1) is 6.92 Å². The third kappa shape index (κ3) is 2.46. The maximum Gasteiger partial charge on any atom is 0.125 e. The van der Waals surface area contributed by atoms with E-state index in [1.54, 1.807) is 11.3 Å². The lowest BCUT2D eigenvalue weighted by Gasteiger charge is -2.43. The van der Waals surface area contributed by atoms with E-state index in [9.17, 15) is 0 Å². The third-order valence-electron chi connectivity index (χ3n) is 4.60. The standard InChI is InChI=1S/C16H18ClN3OS/c1-10-19-8-12(9-20-10)13-7-16(3-4-18-13)15-11(2-5-21-16)6-14(17)22-15/h6,8-9,13,18H,2-5,7H2,1H3. The first kappa shape index (κ1) is 14.6. The van der Waals surface area contributed by atoms with Gasteiger partial charge in [0.1, 0.15) is 11.4 Å². The Morgan fingerprint density at radius 2 is 2.23 bits per heavy atom. The van der Waals surface area contributed by atoms with Crippen LogP contribution in [0.2, 0.25) is 4.34 Å². The summed E-state index contributed by atoms with van der Waals surface area (Å²) in [6.07, 6.45) is 6.70. The molecule has 4 rings (SSSR count). The van der Waals surface area contributed by atoms with Crippen molar-refractivity contribution in [3.8, 4) is 0 Å². The van der Waals surface area contributed by atoms with Gasteiger partial charge in [-0.05, 0) is 37.9 Å². The van der Waals surface area contributed by atoms with Crippen LogP contribution in [-0.4, -0.2) is 23.1 Å². The predicted molar refractivity (Wildman–Crippen MR) is 87.4 cm³/mol. The second kappa shape index (κ2) is 5.57. The lowest BCUT2D eigenvalue weighted by Crippen LogP contribution is -2.45. The molecule has 0 aliphatic carbocycles. The Morgan fingerprint density at radius 1 is 1.41 bits per heavy atom. The number of ether oxygens (including phenoxy) is 1. The van der Waals surface area contributed by atoms with Gasteiger partial charge < -0.3 is 10.1 Å². The fraction of sp³-hybridized carbons (Fsp3) is 0.500. The highest BCUT2D eigenvalue weighted by molar-refractivity contribution is 7.16. The van der Waals surface area contributed by atoms with Crippen LogP contribution < -0.4 is 5.32 Å². The summed E-state index contributed by atoms with van der Waals surface area (Å²) in [6, 6.07) is 2.33. The number of hydrogen-bond acceptors (Lipinski definition) is 5. The molecule has 1 spiro atoms. The number of piperidine rings is 1. The number of halogens is 1. The molecule has 1 fully saturated rings. The molecule has 0 bridgehead atoms. The van der Waals surface area contributed by atoms with Crippen LogP contribution in [0.25, 0.3) is 0 Å². The van der Waals surface area contributed by atoms with E-state index >= 15 is 0 Å². The van der Waals surface area contributed by atoms with Gasteiger partial charge in [0.2, 0.25) is 0 Å². The van der Waals surface area contributed by atoms with Crippen molar-refractivity contribution in [2.24, 2.45) is 0 Å². The molecule has 2 aromatic rings. The van der Waals surface area contributed by atoms with E-state index in [0.717, 1.165) is 48.1 Å². The number of hydrogen-bond donors (Lipinski definition) is 1. The average molecular weight is 336 g/mol. The quantitative estimate of drug-likeness (QED) is 0.867. The minimum atomic E-state index is -0.202. The van der Waals surface area contributed by atoms with Gasteiger partial charge in [0.15, 0.2) is 0 Å². The van der Waals surface area contributed by atoms with Gasteiger partial charge in [0.05, 0.1) is 10.9 Å². The van der Waals surface area contributed by atoms with Gasteiger partial charge >= 0.3 is 0 Å². The number of rotatable bonds is 1. The summed E-state index contributed by atoms with van der Waals surface area (Å²) in [4.78, 5) is 9.97. The summed E-state index contributed by atoms with van der Waals surface area (Å²) in [5, 5.41) is 3.58. The number of thiophene rings is 1. The molecule has 116 valence electrons. The zero-order chi connectivity index (χ0) is 15.2. The lowest BCUT2D eigenvalue weighted by atomic mass is 9.81. The molecule has 22 heavy (non-hydrogen) atoms. The van der Waals surface area contributed by atoms with Gasteiger partial charge in [-0.25, -0.2) is 9.97 Å². The maximum atomic E-state index is 6.29. The van der Waals surface area contributed by atoms with Crippen molar-refractivity contribution < 1.29 is 4.74 Å². The molecule has 2 aliphatic heterocycles. The summed E-state index contributed by atoms with van der Waals surface area (Å²) in [5.74, 6) is 0.801. The molecule has 2 aromatic heterocycles. The zero-order valence-electron chi connectivity index (χ0n) is 12.4. The van der Waals surface area contributed by atoms with Gasteiger partial charge in [0, 0.05) is 35.3 Å². The first-order valence-corrected chi connectivity index (χ1v) is 8.80. The average Bonchev–Trinajstić information content (AvgIpc) is 2.91. The second-order valence-electron chi connectivity index (χ2n) is 6.02. The normalized spacial score (nSPS) is 27.8. The van der Waals surface area contributed by atoms with Crippen molar-refractivity contribution in [2.75, 3.05) is 13.2 Å². The Bertz CT molecular complexity index is 687. The number of nitrogens with zero attached hydrogens (tertiary/aromatic N) is 2. The number of aromatic nitrogens is 2. The molecular formula is C16H18ClN3OS. The van der Waals surface area contributed by atoms with Gasteiger partial charge in [0.25, 0.3) is 0 Å². The molecule has 4 nitrogen and oxygen atoms in total. The Kier molecular flexibility index (Phi) is 3.69. The smallest absolute Gasteiger partial charge is 0.125 e. The van der Waals surface area contributed by atoms with Gasteiger partial charge in [-0.15, -0.1) is 11.3 Å². The van der Waals surface area contributed by atoms with E-state index in [0.29, 0.717) is 0 Å². The Hall–Kier alpha value is -1.01. The van der Waals surface area contributed by atoms with Crippen molar-refractivity contribution in [2.45, 2.75) is 37.8 Å². The zero-order valence-corrected chi connectivity index (χ0v) is 14.0. The van der Waals surface area contributed by atoms with Crippen LogP contribution in [-0.2, 0) is 16.8 Å². The summed E-state index contributed by atoms with van der Waals surface area (Å²) in [5.41, 5.74) is 2.29. The molecule has 0 saturated carbocycles. The van der Waals surface area contributed by atoms with Crippen LogP contribution in [0.3, 0.4) is 0 Å². The fourth-order valence-corrected chi connectivity index (χ4v) is 4.98. The van der Waals surface area contributed by atoms with E-state index < -0.39 is 0 Å². The number of nitrogens with one attached hydrogen (secondary N) is 1. The first-order valence-electron chi connectivity index (χ1n) is 7.61. The molecule has 0 aromatic carbocycles. The van der Waals surface area contributed by atoms with Crippen LogP contribution in [0.5, 0.6) is 0 Å². The molecule has 2 atom stereocenters. The van der Waals surface area contributed by atoms with Gasteiger partial charge in [-0.2, -0.15) is 0 Å². The minimum Gasteiger partial charge on any atom is -0.369 e. The fourth-order valence-electron chi connectivity index (χ4n) is 3.50. The largest absolute Gasteiger partial charge is 0.369 e. The van der Waals surface area contributed by atoms with E-state index in [2.05, 4.69) is 21.4 Å². The van der Waals surface area contributed by atoms with Crippen LogP contribution in [0.1, 0.15) is 40.7 Å². The van der Waals surface area contributed by atoms with E-state index in [4.69, 9.17) is 16.3 Å². The Morgan fingerprint density at radius 3 is 3.05 bits per heavy atom. The lowest BCUT2D eigenvalue weighted by molar-refractivity contribution is -0.0869. The summed E-state index contributed by atoms with van der Waals surface area (Å²) in [7, 11) is 0. The number of fused-ring (bicyclic) bond motifs is 2. The summed E-state index contributed by atoms with van der Waals surface area (Å²) >= 11 is 7.93. The van der Waals surface area contributed by atoms with Gasteiger partial charge in [-0.3, -0.25) is 0 Å². The van der Waals surface area contributed by atoms with Crippen molar-refractivity contribution >= 4 is 22.9 Å². The summed E-state index contributed by atoms with van der Waals surface area (Å²) in [6.45, 7) is 3.61. The molecular weight excluding hydrogens is 318 g/mol. The monoisotopic (exact) mass is 335 g/mol. The SMILES string of the molecule is Cc1ncc(C2CC3(CCN2)OCCc2cc(Cl)sc23)cn1. The summed E-state index contributed by atoms with van der Waals surface area (Å²) < 4.78 is 7.16. The van der Waals surface area contributed by atoms with Crippen LogP contribution in [0.15, 0.2) is 18.5 Å². The number of aryl methyl sites for hydroxylation is 1.